The summed E-state index contributed by atoms with van der Waals surface area (Å²) in [5.74, 6) is 5.88. The molecule has 0 aromatic heterocycles. The Morgan fingerprint density at radius 3 is 2.50 bits per heavy atom. The molecular formula is C8H12. The Morgan fingerprint density at radius 1 is 1.50 bits per heavy atom. The molecule has 0 aromatic carbocycles. The van der Waals surface area contributed by atoms with E-state index in [1.54, 1.807) is 0 Å². The molecule has 0 bridgehead atoms. The fourth-order valence-electron chi connectivity index (χ4n) is 0.297. The first-order valence-corrected chi connectivity index (χ1v) is 2.89. The molecule has 0 radical (unpaired) electrons. The highest BCUT2D eigenvalue weighted by atomic mass is 13.7. The van der Waals surface area contributed by atoms with Gasteiger partial charge in [-0.15, -0.1) is 0 Å². The van der Waals surface area contributed by atoms with Gasteiger partial charge in [-0.05, 0) is 19.9 Å². The van der Waals surface area contributed by atoms with Crippen molar-refractivity contribution in [3.05, 3.63) is 11.6 Å². The van der Waals surface area contributed by atoms with E-state index in [1.165, 1.54) is 5.57 Å². The first kappa shape index (κ1) is 7.30. The molecule has 0 saturated heterocycles. The molecule has 0 atom stereocenters. The quantitative estimate of drug-likeness (QED) is 0.418. The molecule has 0 aliphatic heterocycles. The van der Waals surface area contributed by atoms with E-state index in [-0.39, 0.29) is 0 Å². The predicted octanol–water partition coefficient (Wildman–Crippen LogP) is 2.37. The molecule has 44 valence electrons. The van der Waals surface area contributed by atoms with Crippen molar-refractivity contribution in [2.45, 2.75) is 27.2 Å². The van der Waals surface area contributed by atoms with Crippen LogP contribution in [0.25, 0.3) is 0 Å². The van der Waals surface area contributed by atoms with Crippen molar-refractivity contribution in [2.24, 2.45) is 0 Å². The fourth-order valence-corrected chi connectivity index (χ4v) is 0.297. The summed E-state index contributed by atoms with van der Waals surface area (Å²) in [5.41, 5.74) is 1.27. The molecule has 0 heteroatoms. The van der Waals surface area contributed by atoms with Crippen LogP contribution in [-0.2, 0) is 0 Å². The van der Waals surface area contributed by atoms with Crippen molar-refractivity contribution in [1.82, 2.24) is 0 Å². The van der Waals surface area contributed by atoms with Gasteiger partial charge in [0.2, 0.25) is 0 Å². The van der Waals surface area contributed by atoms with Crippen LogP contribution in [-0.4, -0.2) is 0 Å². The lowest BCUT2D eigenvalue weighted by molar-refractivity contribution is 1.28. The first-order chi connectivity index (χ1) is 3.77. The summed E-state index contributed by atoms with van der Waals surface area (Å²) in [5, 5.41) is 0. The van der Waals surface area contributed by atoms with Gasteiger partial charge in [0.15, 0.2) is 0 Å². The van der Waals surface area contributed by atoms with Crippen LogP contribution in [0.4, 0.5) is 0 Å². The van der Waals surface area contributed by atoms with Crippen LogP contribution in [0.1, 0.15) is 27.2 Å². The summed E-state index contributed by atoms with van der Waals surface area (Å²) >= 11 is 0. The highest BCUT2D eigenvalue weighted by molar-refractivity contribution is 5.18. The smallest absolute Gasteiger partial charge is 0.00637 e. The third-order valence-corrected chi connectivity index (χ3v) is 0.640. The van der Waals surface area contributed by atoms with Crippen LogP contribution in [0.5, 0.6) is 0 Å². The van der Waals surface area contributed by atoms with Gasteiger partial charge < -0.3 is 0 Å². The van der Waals surface area contributed by atoms with Crippen LogP contribution < -0.4 is 0 Å². The monoisotopic (exact) mass is 108 g/mol. The summed E-state index contributed by atoms with van der Waals surface area (Å²) in [4.78, 5) is 0. The summed E-state index contributed by atoms with van der Waals surface area (Å²) in [6.07, 6.45) is 2.88. The molecule has 0 aromatic rings. The van der Waals surface area contributed by atoms with E-state index in [1.807, 2.05) is 26.8 Å². The zero-order valence-electron chi connectivity index (χ0n) is 5.78. The van der Waals surface area contributed by atoms with Gasteiger partial charge in [-0.2, -0.15) is 0 Å². The summed E-state index contributed by atoms with van der Waals surface area (Å²) < 4.78 is 0. The highest BCUT2D eigenvalue weighted by Crippen LogP contribution is 1.84. The van der Waals surface area contributed by atoms with Crippen molar-refractivity contribution < 1.29 is 0 Å². The molecule has 0 unspecified atom stereocenters. The number of hydrogen-bond acceptors (Lipinski definition) is 0. The molecular weight excluding hydrogens is 96.1 g/mol. The Kier molecular flexibility index (Phi) is 4.07. The minimum Gasteiger partial charge on any atom is -0.0988 e. The molecule has 0 spiro atoms. The Labute approximate surface area is 51.6 Å². The van der Waals surface area contributed by atoms with E-state index in [2.05, 4.69) is 11.8 Å². The second-order valence-electron chi connectivity index (χ2n) is 1.90. The van der Waals surface area contributed by atoms with Crippen LogP contribution >= 0.6 is 0 Å². The molecule has 0 aliphatic rings. The number of rotatable bonds is 0. The minimum atomic E-state index is 0.948. The maximum absolute atomic E-state index is 2.95. The minimum absolute atomic E-state index is 0.948. The molecule has 0 heterocycles. The van der Waals surface area contributed by atoms with E-state index in [9.17, 15) is 0 Å². The lowest BCUT2D eigenvalue weighted by atomic mass is 10.3. The largest absolute Gasteiger partial charge is 0.0988 e. The third-order valence-electron chi connectivity index (χ3n) is 0.640. The lowest BCUT2D eigenvalue weighted by Crippen LogP contribution is -1.59. The summed E-state index contributed by atoms with van der Waals surface area (Å²) in [7, 11) is 0. The van der Waals surface area contributed by atoms with Crippen LogP contribution in [0.3, 0.4) is 0 Å². The molecule has 0 saturated carbocycles. The topological polar surface area (TPSA) is 0 Å². The molecule has 0 fully saturated rings. The SMILES string of the molecule is CCC#CC=C(C)C. The zero-order valence-corrected chi connectivity index (χ0v) is 5.78. The third kappa shape index (κ3) is 5.30. The molecule has 0 amide bonds. The summed E-state index contributed by atoms with van der Waals surface area (Å²) in [6, 6.07) is 0. The standard InChI is InChI=1S/C8H12/c1-4-5-6-7-8(2)3/h7H,4H2,1-3H3. The normalized spacial score (nSPS) is 6.88. The van der Waals surface area contributed by atoms with E-state index < -0.39 is 0 Å². The van der Waals surface area contributed by atoms with Crippen molar-refractivity contribution in [3.63, 3.8) is 0 Å². The van der Waals surface area contributed by atoms with E-state index in [0.717, 1.165) is 6.42 Å². The van der Waals surface area contributed by atoms with Crippen molar-refractivity contribution in [1.29, 1.82) is 0 Å². The fraction of sp³-hybridized carbons (Fsp3) is 0.500. The van der Waals surface area contributed by atoms with Gasteiger partial charge in [-0.1, -0.05) is 24.3 Å². The molecule has 0 aliphatic carbocycles. The van der Waals surface area contributed by atoms with Crippen molar-refractivity contribution in [2.75, 3.05) is 0 Å². The van der Waals surface area contributed by atoms with Crippen LogP contribution in [0.2, 0.25) is 0 Å². The first-order valence-electron chi connectivity index (χ1n) is 2.89. The van der Waals surface area contributed by atoms with Gasteiger partial charge in [0.05, 0.1) is 0 Å². The Balaban J connectivity index is 3.57. The molecule has 0 N–H and O–H groups in total. The van der Waals surface area contributed by atoms with Crippen LogP contribution in [0, 0.1) is 11.8 Å². The Hall–Kier alpha value is -0.700. The van der Waals surface area contributed by atoms with Gasteiger partial charge >= 0.3 is 0 Å². The summed E-state index contributed by atoms with van der Waals surface area (Å²) in [6.45, 7) is 6.14. The van der Waals surface area contributed by atoms with E-state index in [0.29, 0.717) is 0 Å². The highest BCUT2D eigenvalue weighted by Gasteiger charge is 1.66. The number of allylic oxidation sites excluding steroid dienone is 2. The van der Waals surface area contributed by atoms with Gasteiger partial charge in [0, 0.05) is 6.42 Å². The second-order valence-corrected chi connectivity index (χ2v) is 1.90. The van der Waals surface area contributed by atoms with Crippen LogP contribution in [0.15, 0.2) is 11.6 Å². The van der Waals surface area contributed by atoms with E-state index in [4.69, 9.17) is 0 Å². The maximum atomic E-state index is 2.95. The lowest BCUT2D eigenvalue weighted by Gasteiger charge is -1.76. The van der Waals surface area contributed by atoms with Crippen molar-refractivity contribution >= 4 is 0 Å². The van der Waals surface area contributed by atoms with Gasteiger partial charge in [-0.25, -0.2) is 0 Å². The average molecular weight is 108 g/mol. The number of hydrogen-bond donors (Lipinski definition) is 0. The van der Waals surface area contributed by atoms with Gasteiger partial charge in [0.25, 0.3) is 0 Å². The average Bonchev–Trinajstić information content (AvgIpc) is 1.66. The Morgan fingerprint density at radius 2 is 2.12 bits per heavy atom. The van der Waals surface area contributed by atoms with Gasteiger partial charge in [-0.3, -0.25) is 0 Å². The predicted molar refractivity (Wildman–Crippen MR) is 37.5 cm³/mol. The molecule has 8 heavy (non-hydrogen) atoms. The zero-order chi connectivity index (χ0) is 6.41. The van der Waals surface area contributed by atoms with Gasteiger partial charge in [0.1, 0.15) is 0 Å². The van der Waals surface area contributed by atoms with E-state index >= 15 is 0 Å². The van der Waals surface area contributed by atoms with Crippen molar-refractivity contribution in [3.8, 4) is 11.8 Å². The molecule has 0 nitrogen and oxygen atoms in total. The maximum Gasteiger partial charge on any atom is 0.00637 e. The second kappa shape index (κ2) is 4.46. The molecule has 0 rings (SSSR count). The Bertz CT molecular complexity index is 126.